The zero-order chi connectivity index (χ0) is 15.5. The largest absolute Gasteiger partial charge is 0.481 e. The fourth-order valence-electron chi connectivity index (χ4n) is 1.70. The summed E-state index contributed by atoms with van der Waals surface area (Å²) in [4.78, 5) is 10.5. The van der Waals surface area contributed by atoms with E-state index in [0.29, 0.717) is 5.56 Å². The average molecular weight is 303 g/mol. The second-order valence-corrected chi connectivity index (χ2v) is 6.71. The third kappa shape index (κ3) is 4.01. The van der Waals surface area contributed by atoms with Gasteiger partial charge in [0, 0.05) is 6.54 Å². The molecule has 0 bridgehead atoms. The first kappa shape index (κ1) is 16.6. The Kier molecular flexibility index (Phi) is 5.24. The molecule has 0 saturated heterocycles. The minimum atomic E-state index is -4.06. The minimum absolute atomic E-state index is 0.238. The minimum Gasteiger partial charge on any atom is -0.481 e. The number of benzene rings is 1. The first-order valence-electron chi connectivity index (χ1n) is 6.13. The smallest absolute Gasteiger partial charge is 0.308 e. The van der Waals surface area contributed by atoms with Crippen molar-refractivity contribution in [2.24, 2.45) is 11.8 Å². The lowest BCUT2D eigenvalue weighted by Gasteiger charge is -2.17. The molecule has 1 unspecified atom stereocenters. The number of carboxylic acids is 1. The first-order chi connectivity index (χ1) is 9.15. The molecule has 0 radical (unpaired) electrons. The van der Waals surface area contributed by atoms with E-state index >= 15 is 0 Å². The van der Waals surface area contributed by atoms with Gasteiger partial charge >= 0.3 is 5.97 Å². The Morgan fingerprint density at radius 3 is 2.50 bits per heavy atom. The van der Waals surface area contributed by atoms with Crippen molar-refractivity contribution in [3.8, 4) is 0 Å². The summed E-state index contributed by atoms with van der Waals surface area (Å²) in [7, 11) is -4.06. The molecule has 0 aliphatic heterocycles. The van der Waals surface area contributed by atoms with Crippen LogP contribution in [0.2, 0.25) is 0 Å². The van der Waals surface area contributed by atoms with Crippen LogP contribution in [0.1, 0.15) is 19.4 Å². The van der Waals surface area contributed by atoms with Crippen molar-refractivity contribution in [3.63, 3.8) is 0 Å². The van der Waals surface area contributed by atoms with Crippen molar-refractivity contribution in [2.45, 2.75) is 25.7 Å². The van der Waals surface area contributed by atoms with E-state index in [4.69, 9.17) is 5.11 Å². The van der Waals surface area contributed by atoms with E-state index in [1.54, 1.807) is 20.8 Å². The lowest BCUT2D eigenvalue weighted by atomic mass is 9.97. The monoisotopic (exact) mass is 303 g/mol. The summed E-state index contributed by atoms with van der Waals surface area (Å²) in [5, 5.41) is 9.00. The molecule has 112 valence electrons. The molecule has 0 aliphatic rings. The van der Waals surface area contributed by atoms with Gasteiger partial charge in [-0.15, -0.1) is 0 Å². The van der Waals surface area contributed by atoms with Gasteiger partial charge in [0.05, 0.1) is 5.92 Å². The number of hydrogen-bond donors (Lipinski definition) is 2. The Labute approximate surface area is 117 Å². The van der Waals surface area contributed by atoms with Crippen LogP contribution in [0, 0.1) is 24.6 Å². The van der Waals surface area contributed by atoms with E-state index in [1.807, 2.05) is 0 Å². The molecule has 7 heteroatoms. The lowest BCUT2D eigenvalue weighted by molar-refractivity contribution is -0.142. The third-order valence-corrected chi connectivity index (χ3v) is 4.43. The quantitative estimate of drug-likeness (QED) is 0.839. The summed E-state index contributed by atoms with van der Waals surface area (Å²) in [5.41, 5.74) is 0.602. The van der Waals surface area contributed by atoms with E-state index in [1.165, 1.54) is 12.1 Å². The maximum Gasteiger partial charge on any atom is 0.308 e. The van der Waals surface area contributed by atoms with Gasteiger partial charge in [0.15, 0.2) is 0 Å². The molecule has 0 aromatic heterocycles. The summed E-state index contributed by atoms with van der Waals surface area (Å²) in [6, 6.07) is 3.74. The SMILES string of the molecule is Cc1ccc(F)c(S(=O)(=O)NCC(C(=O)O)C(C)C)c1. The van der Waals surface area contributed by atoms with Gasteiger partial charge in [0.25, 0.3) is 0 Å². The molecule has 1 aromatic rings. The predicted octanol–water partition coefficient (Wildman–Crippen LogP) is 1.77. The van der Waals surface area contributed by atoms with Crippen molar-refractivity contribution >= 4 is 16.0 Å². The second kappa shape index (κ2) is 6.32. The summed E-state index contributed by atoms with van der Waals surface area (Å²) >= 11 is 0. The Balaban J connectivity index is 2.95. The average Bonchev–Trinajstić information content (AvgIpc) is 2.31. The normalized spacial score (nSPS) is 13.4. The molecule has 20 heavy (non-hydrogen) atoms. The topological polar surface area (TPSA) is 83.5 Å². The van der Waals surface area contributed by atoms with Gasteiger partial charge in [-0.25, -0.2) is 17.5 Å². The number of aliphatic carboxylic acids is 1. The molecule has 2 N–H and O–H groups in total. The van der Waals surface area contributed by atoms with Gasteiger partial charge in [0.1, 0.15) is 10.7 Å². The zero-order valence-corrected chi connectivity index (χ0v) is 12.4. The van der Waals surface area contributed by atoms with Crippen LogP contribution in [0.25, 0.3) is 0 Å². The van der Waals surface area contributed by atoms with Gasteiger partial charge in [-0.1, -0.05) is 19.9 Å². The van der Waals surface area contributed by atoms with Gasteiger partial charge in [0.2, 0.25) is 10.0 Å². The molecule has 0 amide bonds. The molecule has 5 nitrogen and oxygen atoms in total. The number of rotatable bonds is 6. The van der Waals surface area contributed by atoms with Crippen LogP contribution in [-0.4, -0.2) is 26.0 Å². The third-order valence-electron chi connectivity index (χ3n) is 2.99. The second-order valence-electron chi connectivity index (χ2n) is 4.97. The highest BCUT2D eigenvalue weighted by molar-refractivity contribution is 7.89. The number of halogens is 1. The zero-order valence-electron chi connectivity index (χ0n) is 11.6. The predicted molar refractivity (Wildman–Crippen MR) is 72.3 cm³/mol. The van der Waals surface area contributed by atoms with Crippen molar-refractivity contribution in [3.05, 3.63) is 29.6 Å². The lowest BCUT2D eigenvalue weighted by Crippen LogP contribution is -2.35. The van der Waals surface area contributed by atoms with E-state index < -0.39 is 32.6 Å². The number of nitrogens with one attached hydrogen (secondary N) is 1. The molecule has 0 heterocycles. The standard InChI is InChI=1S/C13H18FNO4S/c1-8(2)10(13(16)17)7-15-20(18,19)12-6-9(3)4-5-11(12)14/h4-6,8,10,15H,7H2,1-3H3,(H,16,17). The van der Waals surface area contributed by atoms with E-state index in [0.717, 1.165) is 6.07 Å². The highest BCUT2D eigenvalue weighted by Gasteiger charge is 2.25. The van der Waals surface area contributed by atoms with Gasteiger partial charge < -0.3 is 5.11 Å². The Bertz CT molecular complexity index is 598. The highest BCUT2D eigenvalue weighted by atomic mass is 32.2. The molecular formula is C13H18FNO4S. The summed E-state index contributed by atoms with van der Waals surface area (Å²) in [6.45, 7) is 4.73. The number of carbonyl (C=O) groups is 1. The van der Waals surface area contributed by atoms with Crippen LogP contribution in [-0.2, 0) is 14.8 Å². The first-order valence-corrected chi connectivity index (χ1v) is 7.62. The summed E-state index contributed by atoms with van der Waals surface area (Å²) < 4.78 is 39.8. The molecule has 1 atom stereocenters. The van der Waals surface area contributed by atoms with Gasteiger partial charge in [-0.05, 0) is 30.5 Å². The van der Waals surface area contributed by atoms with Crippen molar-refractivity contribution < 1.29 is 22.7 Å². The summed E-state index contributed by atoms with van der Waals surface area (Å²) in [5.74, 6) is -3.05. The Morgan fingerprint density at radius 2 is 2.00 bits per heavy atom. The molecule has 1 rings (SSSR count). The van der Waals surface area contributed by atoms with E-state index in [-0.39, 0.29) is 12.5 Å². The van der Waals surface area contributed by atoms with Crippen LogP contribution in [0.3, 0.4) is 0 Å². The molecular weight excluding hydrogens is 285 g/mol. The van der Waals surface area contributed by atoms with Gasteiger partial charge in [-0.2, -0.15) is 0 Å². The maximum absolute atomic E-state index is 13.6. The number of carboxylic acid groups (broad SMARTS) is 1. The van der Waals surface area contributed by atoms with E-state index in [2.05, 4.69) is 4.72 Å². The molecule has 0 saturated carbocycles. The Hall–Kier alpha value is -1.47. The van der Waals surface area contributed by atoms with Crippen LogP contribution < -0.4 is 4.72 Å². The van der Waals surface area contributed by atoms with Gasteiger partial charge in [-0.3, -0.25) is 4.79 Å². The van der Waals surface area contributed by atoms with Crippen LogP contribution in [0.4, 0.5) is 4.39 Å². The van der Waals surface area contributed by atoms with Crippen molar-refractivity contribution in [1.29, 1.82) is 0 Å². The summed E-state index contributed by atoms with van der Waals surface area (Å²) in [6.07, 6.45) is 0. The molecule has 0 fully saturated rings. The van der Waals surface area contributed by atoms with Crippen LogP contribution in [0.5, 0.6) is 0 Å². The number of sulfonamides is 1. The fourth-order valence-corrected chi connectivity index (χ4v) is 2.92. The highest BCUT2D eigenvalue weighted by Crippen LogP contribution is 2.17. The Morgan fingerprint density at radius 1 is 1.40 bits per heavy atom. The maximum atomic E-state index is 13.6. The molecule has 0 aliphatic carbocycles. The number of hydrogen-bond acceptors (Lipinski definition) is 3. The molecule has 0 spiro atoms. The van der Waals surface area contributed by atoms with Crippen LogP contribution >= 0.6 is 0 Å². The van der Waals surface area contributed by atoms with Crippen molar-refractivity contribution in [1.82, 2.24) is 4.72 Å². The van der Waals surface area contributed by atoms with E-state index in [9.17, 15) is 17.6 Å². The van der Waals surface area contributed by atoms with Crippen molar-refractivity contribution in [2.75, 3.05) is 6.54 Å². The number of aryl methyl sites for hydroxylation is 1. The fraction of sp³-hybridized carbons (Fsp3) is 0.462. The van der Waals surface area contributed by atoms with Crippen LogP contribution in [0.15, 0.2) is 23.1 Å². The molecule has 1 aromatic carbocycles.